The Morgan fingerprint density at radius 2 is 1.51 bits per heavy atom. The summed E-state index contributed by atoms with van der Waals surface area (Å²) in [5, 5.41) is 10.6. The Kier molecular flexibility index (Phi) is 6.03. The Balaban J connectivity index is 1.50. The van der Waals surface area contributed by atoms with Gasteiger partial charge in [-0.2, -0.15) is 0 Å². The lowest BCUT2D eigenvalue weighted by Gasteiger charge is -2.47. The summed E-state index contributed by atoms with van der Waals surface area (Å²) in [7, 11) is 1.29. The average Bonchev–Trinajstić information content (AvgIpc) is 3.20. The number of rotatable bonds is 5. The van der Waals surface area contributed by atoms with Crippen LogP contribution in [-0.4, -0.2) is 52.7 Å². The molecule has 180 valence electrons. The Morgan fingerprint density at radius 3 is 2.03 bits per heavy atom. The van der Waals surface area contributed by atoms with E-state index in [1.807, 2.05) is 48.5 Å². The van der Waals surface area contributed by atoms with E-state index in [2.05, 4.69) is 4.90 Å². The van der Waals surface area contributed by atoms with Gasteiger partial charge < -0.3 is 9.84 Å². The van der Waals surface area contributed by atoms with Crippen molar-refractivity contribution in [3.05, 3.63) is 95.3 Å². The number of hydrogen-bond donors (Lipinski definition) is 1. The Morgan fingerprint density at radius 1 is 0.971 bits per heavy atom. The maximum Gasteiger partial charge on any atom is 0.411 e. The minimum Gasteiger partial charge on any atom is -0.479 e. The van der Waals surface area contributed by atoms with Crippen molar-refractivity contribution in [1.82, 2.24) is 9.80 Å². The summed E-state index contributed by atoms with van der Waals surface area (Å²) in [5.41, 5.74) is 3.31. The summed E-state index contributed by atoms with van der Waals surface area (Å²) in [6.07, 6.45) is -0.158. The van der Waals surface area contributed by atoms with E-state index >= 15 is 0 Å². The molecule has 0 aromatic heterocycles. The highest BCUT2D eigenvalue weighted by Crippen LogP contribution is 2.50. The molecule has 3 aromatic carbocycles. The molecule has 0 saturated carbocycles. The van der Waals surface area contributed by atoms with Gasteiger partial charge in [-0.15, -0.1) is 0 Å². The first-order valence-electron chi connectivity index (χ1n) is 11.7. The van der Waals surface area contributed by atoms with Crippen molar-refractivity contribution in [2.75, 3.05) is 20.2 Å². The number of likely N-dealkylation sites (tertiary alicyclic amines) is 1. The van der Waals surface area contributed by atoms with Crippen molar-refractivity contribution < 1.29 is 23.8 Å². The highest BCUT2D eigenvalue weighted by Gasteiger charge is 2.54. The first-order chi connectivity index (χ1) is 16.9. The fourth-order valence-corrected chi connectivity index (χ4v) is 5.52. The monoisotopic (exact) mass is 474 g/mol. The molecule has 1 heterocycles. The van der Waals surface area contributed by atoms with Crippen molar-refractivity contribution in [1.29, 1.82) is 0 Å². The van der Waals surface area contributed by atoms with Gasteiger partial charge in [-0.3, -0.25) is 9.80 Å². The van der Waals surface area contributed by atoms with E-state index in [-0.39, 0.29) is 18.7 Å². The molecule has 0 unspecified atom stereocenters. The van der Waals surface area contributed by atoms with Gasteiger partial charge in [0.25, 0.3) is 0 Å². The summed E-state index contributed by atoms with van der Waals surface area (Å²) in [5.74, 6) is -1.32. The molecule has 0 spiro atoms. The third kappa shape index (κ3) is 3.96. The third-order valence-electron chi connectivity index (χ3n) is 7.29. The van der Waals surface area contributed by atoms with Crippen molar-refractivity contribution in [2.45, 2.75) is 31.0 Å². The lowest BCUT2D eigenvalue weighted by Crippen LogP contribution is -2.62. The average molecular weight is 475 g/mol. The molecule has 1 amide bonds. The number of nitrogens with zero attached hydrogens (tertiary/aromatic N) is 2. The number of piperidine rings is 1. The van der Waals surface area contributed by atoms with Crippen LogP contribution in [0.25, 0.3) is 11.1 Å². The lowest BCUT2D eigenvalue weighted by molar-refractivity contribution is -0.155. The zero-order valence-electron chi connectivity index (χ0n) is 19.5. The van der Waals surface area contributed by atoms with E-state index in [9.17, 15) is 19.1 Å². The zero-order chi connectivity index (χ0) is 24.6. The molecule has 6 nitrogen and oxygen atoms in total. The number of carbonyl (C=O) groups excluding carboxylic acids is 1. The molecule has 3 aromatic rings. The summed E-state index contributed by atoms with van der Waals surface area (Å²) in [4.78, 5) is 29.8. The molecule has 0 radical (unpaired) electrons. The number of fused-ring (bicyclic) bond motifs is 3. The van der Waals surface area contributed by atoms with Crippen molar-refractivity contribution >= 4 is 12.1 Å². The highest BCUT2D eigenvalue weighted by molar-refractivity contribution is 5.88. The van der Waals surface area contributed by atoms with Gasteiger partial charge in [0.2, 0.25) is 0 Å². The number of aliphatic carboxylic acids is 1. The molecule has 2 aliphatic rings. The van der Waals surface area contributed by atoms with Gasteiger partial charge in [-0.25, -0.2) is 14.0 Å². The van der Waals surface area contributed by atoms with Crippen molar-refractivity contribution in [2.24, 2.45) is 0 Å². The fraction of sp³-hybridized carbons (Fsp3) is 0.286. The van der Waals surface area contributed by atoms with Crippen LogP contribution in [0.2, 0.25) is 0 Å². The maximum atomic E-state index is 13.3. The number of benzene rings is 3. The van der Waals surface area contributed by atoms with Gasteiger partial charge in [0.1, 0.15) is 11.4 Å². The molecular formula is C28H27FN2O4. The van der Waals surface area contributed by atoms with Crippen LogP contribution in [0.1, 0.15) is 35.6 Å². The second kappa shape index (κ2) is 9.15. The van der Waals surface area contributed by atoms with Crippen LogP contribution < -0.4 is 0 Å². The number of carboxylic acids is 1. The smallest absolute Gasteiger partial charge is 0.411 e. The first-order valence-corrected chi connectivity index (χ1v) is 11.7. The Bertz CT molecular complexity index is 1210. The van der Waals surface area contributed by atoms with Crippen LogP contribution in [-0.2, 0) is 16.1 Å². The quantitative estimate of drug-likeness (QED) is 0.558. The molecule has 0 atom stereocenters. The Hall–Kier alpha value is -3.71. The predicted octanol–water partition coefficient (Wildman–Crippen LogP) is 5.08. The van der Waals surface area contributed by atoms with E-state index in [1.165, 1.54) is 24.1 Å². The summed E-state index contributed by atoms with van der Waals surface area (Å²) >= 11 is 0. The second-order valence-corrected chi connectivity index (χ2v) is 9.16. The van der Waals surface area contributed by atoms with Crippen LogP contribution in [0.3, 0.4) is 0 Å². The second-order valence-electron chi connectivity index (χ2n) is 9.16. The Labute approximate surface area is 203 Å². The minimum atomic E-state index is -1.43. The molecule has 7 heteroatoms. The van der Waals surface area contributed by atoms with E-state index in [0.29, 0.717) is 19.6 Å². The number of halogens is 1. The van der Waals surface area contributed by atoms with Gasteiger partial charge in [0.05, 0.1) is 13.2 Å². The van der Waals surface area contributed by atoms with Gasteiger partial charge >= 0.3 is 12.1 Å². The van der Waals surface area contributed by atoms with Gasteiger partial charge in [-0.05, 0) is 52.8 Å². The molecule has 1 aliphatic carbocycles. The molecule has 1 fully saturated rings. The molecule has 5 rings (SSSR count). The summed E-state index contributed by atoms with van der Waals surface area (Å²) in [6.45, 7) is 1.55. The molecule has 35 heavy (non-hydrogen) atoms. The number of methoxy groups -OCH3 is 1. The molecule has 1 aliphatic heterocycles. The highest BCUT2D eigenvalue weighted by atomic mass is 19.1. The predicted molar refractivity (Wildman–Crippen MR) is 129 cm³/mol. The van der Waals surface area contributed by atoms with E-state index < -0.39 is 23.6 Å². The van der Waals surface area contributed by atoms with Crippen LogP contribution in [0, 0.1) is 5.82 Å². The van der Waals surface area contributed by atoms with Crippen LogP contribution in [0.5, 0.6) is 0 Å². The largest absolute Gasteiger partial charge is 0.479 e. The van der Waals surface area contributed by atoms with Gasteiger partial charge in [0.15, 0.2) is 0 Å². The molecule has 1 N–H and O–H groups in total. The van der Waals surface area contributed by atoms with Gasteiger partial charge in [-0.1, -0.05) is 60.7 Å². The molecule has 1 saturated heterocycles. The third-order valence-corrected chi connectivity index (χ3v) is 7.29. The zero-order valence-corrected chi connectivity index (χ0v) is 19.5. The number of carboxylic acid groups (broad SMARTS) is 1. The van der Waals surface area contributed by atoms with Gasteiger partial charge in [0, 0.05) is 19.6 Å². The van der Waals surface area contributed by atoms with Crippen LogP contribution >= 0.6 is 0 Å². The number of hydrogen-bond acceptors (Lipinski definition) is 4. The summed E-state index contributed by atoms with van der Waals surface area (Å²) < 4.78 is 18.5. The maximum absolute atomic E-state index is 13.3. The van der Waals surface area contributed by atoms with E-state index in [0.717, 1.165) is 27.8 Å². The lowest BCUT2D eigenvalue weighted by atomic mass is 9.83. The molecule has 0 bridgehead atoms. The van der Waals surface area contributed by atoms with E-state index in [1.54, 1.807) is 12.1 Å². The first kappa shape index (κ1) is 23.1. The minimum absolute atomic E-state index is 0.249. The number of amides is 1. The number of ether oxygens (including phenoxy) is 1. The number of carbonyl (C=O) groups is 2. The fourth-order valence-electron chi connectivity index (χ4n) is 5.52. The SMILES string of the molecule is COC(=O)N(C1c2ccccc2-c2ccccc21)C1(C(=O)O)CCN(Cc2ccc(F)cc2)CC1. The normalized spacial score (nSPS) is 16.9. The van der Waals surface area contributed by atoms with E-state index in [4.69, 9.17) is 4.74 Å². The van der Waals surface area contributed by atoms with Crippen LogP contribution in [0.15, 0.2) is 72.8 Å². The summed E-state index contributed by atoms with van der Waals surface area (Å²) in [6, 6.07) is 21.4. The van der Waals surface area contributed by atoms with Crippen molar-refractivity contribution in [3.63, 3.8) is 0 Å². The van der Waals surface area contributed by atoms with Crippen LogP contribution in [0.4, 0.5) is 9.18 Å². The topological polar surface area (TPSA) is 70.1 Å². The molecular weight excluding hydrogens is 447 g/mol. The standard InChI is InChI=1S/C28H27FN2O4/c1-35-27(34)31(25-23-8-4-2-6-21(23)22-7-3-5-9-24(22)25)28(26(32)33)14-16-30(17-15-28)18-19-10-12-20(29)13-11-19/h2-13,25H,14-18H2,1H3,(H,32,33). The van der Waals surface area contributed by atoms with Crippen molar-refractivity contribution in [3.8, 4) is 11.1 Å².